The minimum atomic E-state index is -4.01. The fraction of sp³-hybridized carbons (Fsp3) is 0.684. The standard InChI is InChI=1S/C19H25N2O9P/c1-12(2)28-16(24)5-4-8-26-31(25)27-10-14-17(30-31)19(3,11-20)18(29-14)21-7-6-13(22)9-15(21)23/h6-7,12,14,17-18H,4-5,8-10H2,1-3H3/t14-,17-,18-,19-,31?/m1/s1. The summed E-state index contributed by atoms with van der Waals surface area (Å²) in [5.41, 5.74) is -1.39. The number of hydrogen-bond acceptors (Lipinski definition) is 10. The summed E-state index contributed by atoms with van der Waals surface area (Å²) < 4.78 is 39.9. The predicted octanol–water partition coefficient (Wildman–Crippen LogP) is 1.83. The Hall–Kier alpha value is -2.09. The Morgan fingerprint density at radius 1 is 1.45 bits per heavy atom. The molecule has 2 fully saturated rings. The van der Waals surface area contributed by atoms with Crippen molar-refractivity contribution in [2.24, 2.45) is 5.41 Å². The van der Waals surface area contributed by atoms with Crippen molar-refractivity contribution in [1.82, 2.24) is 4.90 Å². The highest BCUT2D eigenvalue weighted by molar-refractivity contribution is 7.48. The maximum atomic E-state index is 12.9. The maximum absolute atomic E-state index is 12.9. The molecule has 3 aliphatic heterocycles. The summed E-state index contributed by atoms with van der Waals surface area (Å²) in [6.45, 7) is 4.75. The number of ketones is 1. The van der Waals surface area contributed by atoms with E-state index in [9.17, 15) is 24.2 Å². The predicted molar refractivity (Wildman–Crippen MR) is 103 cm³/mol. The van der Waals surface area contributed by atoms with Crippen LogP contribution in [-0.2, 0) is 42.0 Å². The van der Waals surface area contributed by atoms with E-state index in [1.54, 1.807) is 13.8 Å². The number of nitrogens with zero attached hydrogens (tertiary/aromatic N) is 2. The third-order valence-electron chi connectivity index (χ3n) is 5.05. The van der Waals surface area contributed by atoms with Gasteiger partial charge < -0.3 is 9.47 Å². The number of nitriles is 1. The number of carbonyl (C=O) groups excluding carboxylic acids is 3. The lowest BCUT2D eigenvalue weighted by Crippen LogP contribution is -2.49. The van der Waals surface area contributed by atoms with Crippen molar-refractivity contribution in [2.45, 2.75) is 64.6 Å². The second-order valence-electron chi connectivity index (χ2n) is 7.93. The number of phosphoric ester groups is 1. The molecule has 31 heavy (non-hydrogen) atoms. The molecule has 11 nitrogen and oxygen atoms in total. The fourth-order valence-electron chi connectivity index (χ4n) is 3.55. The van der Waals surface area contributed by atoms with Gasteiger partial charge in [-0.25, -0.2) is 4.57 Å². The summed E-state index contributed by atoms with van der Waals surface area (Å²) >= 11 is 0. The van der Waals surface area contributed by atoms with Crippen molar-refractivity contribution in [3.05, 3.63) is 12.3 Å². The van der Waals surface area contributed by atoms with Gasteiger partial charge in [0.05, 0.1) is 31.8 Å². The van der Waals surface area contributed by atoms with Crippen LogP contribution in [0.3, 0.4) is 0 Å². The molecule has 3 rings (SSSR count). The van der Waals surface area contributed by atoms with Gasteiger partial charge in [0.25, 0.3) is 0 Å². The van der Waals surface area contributed by atoms with E-state index in [4.69, 9.17) is 23.0 Å². The third kappa shape index (κ3) is 5.05. The zero-order valence-electron chi connectivity index (χ0n) is 17.5. The van der Waals surface area contributed by atoms with E-state index in [1.165, 1.54) is 24.1 Å². The molecule has 3 aliphatic rings. The fourth-order valence-corrected chi connectivity index (χ4v) is 5.07. The smallest absolute Gasteiger partial charge is 0.463 e. The van der Waals surface area contributed by atoms with Crippen LogP contribution in [0.5, 0.6) is 0 Å². The molecule has 1 unspecified atom stereocenters. The highest BCUT2D eigenvalue weighted by Gasteiger charge is 2.62. The minimum absolute atomic E-state index is 0.0768. The van der Waals surface area contributed by atoms with Crippen LogP contribution in [0.2, 0.25) is 0 Å². The lowest BCUT2D eigenvalue weighted by atomic mass is 9.83. The van der Waals surface area contributed by atoms with Gasteiger partial charge in [0.15, 0.2) is 12.0 Å². The normalized spacial score (nSPS) is 35.2. The van der Waals surface area contributed by atoms with E-state index in [0.29, 0.717) is 0 Å². The Balaban J connectivity index is 1.64. The molecule has 12 heteroatoms. The molecule has 0 aromatic carbocycles. The highest BCUT2D eigenvalue weighted by Crippen LogP contribution is 2.59. The van der Waals surface area contributed by atoms with Gasteiger partial charge in [-0.2, -0.15) is 5.26 Å². The second-order valence-corrected chi connectivity index (χ2v) is 9.55. The van der Waals surface area contributed by atoms with Crippen LogP contribution in [0.4, 0.5) is 0 Å². The SMILES string of the molecule is CC(C)OC(=O)CCCOP1(=O)OC[C@H]2O[C@@H](N3C=CC(=O)CC3=O)[C@](C)(C#N)[C@@H]2O1. The van der Waals surface area contributed by atoms with E-state index < -0.39 is 43.6 Å². The molecule has 0 radical (unpaired) electrons. The molecule has 0 N–H and O–H groups in total. The van der Waals surface area contributed by atoms with Gasteiger partial charge in [0.2, 0.25) is 5.91 Å². The Kier molecular flexibility index (Phi) is 6.98. The molecular formula is C19H25N2O9P. The second kappa shape index (κ2) is 9.18. The Morgan fingerprint density at radius 2 is 2.19 bits per heavy atom. The average molecular weight is 456 g/mol. The summed E-state index contributed by atoms with van der Waals surface area (Å²) in [5.74, 6) is -1.25. The summed E-state index contributed by atoms with van der Waals surface area (Å²) in [6, 6.07) is 2.10. The van der Waals surface area contributed by atoms with Gasteiger partial charge in [-0.15, -0.1) is 0 Å². The first kappa shape index (κ1) is 23.6. The monoisotopic (exact) mass is 456 g/mol. The van der Waals surface area contributed by atoms with Crippen molar-refractivity contribution >= 4 is 25.5 Å². The third-order valence-corrected chi connectivity index (χ3v) is 6.50. The molecule has 3 heterocycles. The Morgan fingerprint density at radius 3 is 2.84 bits per heavy atom. The maximum Gasteiger partial charge on any atom is 0.475 e. The van der Waals surface area contributed by atoms with Gasteiger partial charge in [-0.1, -0.05) is 0 Å². The van der Waals surface area contributed by atoms with E-state index in [2.05, 4.69) is 6.07 Å². The Bertz CT molecular complexity index is 867. The Labute approximate surface area is 179 Å². The van der Waals surface area contributed by atoms with Crippen LogP contribution in [0, 0.1) is 16.7 Å². The number of phosphoric acid groups is 1. The molecular weight excluding hydrogens is 431 g/mol. The van der Waals surface area contributed by atoms with Crippen LogP contribution in [-0.4, -0.2) is 60.3 Å². The molecule has 0 saturated carbocycles. The number of rotatable bonds is 7. The summed E-state index contributed by atoms with van der Waals surface area (Å²) in [4.78, 5) is 36.5. The van der Waals surface area contributed by atoms with Gasteiger partial charge in [-0.3, -0.25) is 32.9 Å². The first-order valence-electron chi connectivity index (χ1n) is 9.94. The molecule has 0 aromatic rings. The van der Waals surface area contributed by atoms with Gasteiger partial charge in [-0.05, 0) is 33.3 Å². The summed E-state index contributed by atoms with van der Waals surface area (Å²) in [7, 11) is -4.01. The largest absolute Gasteiger partial charge is 0.475 e. The number of carbonyl (C=O) groups is 3. The lowest BCUT2D eigenvalue weighted by molar-refractivity contribution is -0.148. The van der Waals surface area contributed by atoms with E-state index in [0.717, 1.165) is 0 Å². The van der Waals surface area contributed by atoms with Crippen LogP contribution in [0.25, 0.3) is 0 Å². The van der Waals surface area contributed by atoms with Crippen molar-refractivity contribution in [2.75, 3.05) is 13.2 Å². The number of hydrogen-bond donors (Lipinski definition) is 0. The van der Waals surface area contributed by atoms with Gasteiger partial charge in [0, 0.05) is 12.6 Å². The average Bonchev–Trinajstić information content (AvgIpc) is 2.97. The molecule has 2 saturated heterocycles. The molecule has 0 spiro atoms. The zero-order valence-corrected chi connectivity index (χ0v) is 18.4. The van der Waals surface area contributed by atoms with E-state index >= 15 is 0 Å². The number of esters is 1. The van der Waals surface area contributed by atoms with E-state index in [-0.39, 0.29) is 44.4 Å². The molecule has 0 aliphatic carbocycles. The summed E-state index contributed by atoms with van der Waals surface area (Å²) in [5, 5.41) is 9.86. The molecule has 5 atom stereocenters. The van der Waals surface area contributed by atoms with Crippen LogP contribution < -0.4 is 0 Å². The molecule has 0 bridgehead atoms. The van der Waals surface area contributed by atoms with Gasteiger partial charge >= 0.3 is 13.8 Å². The number of fused-ring (bicyclic) bond motifs is 1. The quantitative estimate of drug-likeness (QED) is 0.241. The lowest BCUT2D eigenvalue weighted by Gasteiger charge is -2.36. The molecule has 170 valence electrons. The van der Waals surface area contributed by atoms with Crippen molar-refractivity contribution in [1.29, 1.82) is 5.26 Å². The zero-order chi connectivity index (χ0) is 22.8. The van der Waals surface area contributed by atoms with E-state index in [1.807, 2.05) is 0 Å². The van der Waals surface area contributed by atoms with Crippen molar-refractivity contribution < 1.29 is 42.0 Å². The van der Waals surface area contributed by atoms with Crippen molar-refractivity contribution in [3.8, 4) is 6.07 Å². The number of allylic oxidation sites excluding steroid dienone is 1. The minimum Gasteiger partial charge on any atom is -0.463 e. The van der Waals surface area contributed by atoms with Gasteiger partial charge in [0.1, 0.15) is 17.6 Å². The number of ether oxygens (including phenoxy) is 2. The molecule has 0 aromatic heterocycles. The van der Waals surface area contributed by atoms with Crippen LogP contribution in [0.15, 0.2) is 12.3 Å². The topological polar surface area (TPSA) is 141 Å². The highest BCUT2D eigenvalue weighted by atomic mass is 31.2. The van der Waals surface area contributed by atoms with Crippen molar-refractivity contribution in [3.63, 3.8) is 0 Å². The molecule has 1 amide bonds. The van der Waals surface area contributed by atoms with Crippen LogP contribution >= 0.6 is 7.82 Å². The first-order chi connectivity index (χ1) is 14.6. The number of amides is 1. The summed E-state index contributed by atoms with van der Waals surface area (Å²) in [6.07, 6.45) is -0.533. The van der Waals surface area contributed by atoms with Crippen LogP contribution in [0.1, 0.15) is 40.0 Å². The first-order valence-corrected chi connectivity index (χ1v) is 11.4.